The summed E-state index contributed by atoms with van der Waals surface area (Å²) in [4.78, 5) is 12.9. The molecule has 3 rings (SSSR count). The number of amides is 1. The number of aryl methyl sites for hydroxylation is 2. The van der Waals surface area contributed by atoms with Crippen molar-refractivity contribution in [3.05, 3.63) is 89.7 Å². The van der Waals surface area contributed by atoms with Gasteiger partial charge in [-0.05, 0) is 43.2 Å². The van der Waals surface area contributed by atoms with Crippen molar-refractivity contribution < 1.29 is 4.79 Å². The van der Waals surface area contributed by atoms with E-state index in [0.29, 0.717) is 6.42 Å². The Labute approximate surface area is 143 Å². The van der Waals surface area contributed by atoms with Gasteiger partial charge in [0.25, 0.3) is 0 Å². The average molecular weight is 318 g/mol. The number of anilines is 1. The van der Waals surface area contributed by atoms with E-state index in [9.17, 15) is 4.79 Å². The van der Waals surface area contributed by atoms with E-state index < -0.39 is 0 Å². The van der Waals surface area contributed by atoms with E-state index in [0.717, 1.165) is 16.8 Å². The second-order valence-electron chi connectivity index (χ2n) is 6.14. The molecule has 0 radical (unpaired) electrons. The molecule has 1 aromatic heterocycles. The predicted octanol–water partition coefficient (Wildman–Crippen LogP) is 4.53. The zero-order valence-corrected chi connectivity index (χ0v) is 14.1. The largest absolute Gasteiger partial charge is 0.342 e. The van der Waals surface area contributed by atoms with Gasteiger partial charge in [0.15, 0.2) is 0 Å². The summed E-state index contributed by atoms with van der Waals surface area (Å²) in [6.07, 6.45) is 4.54. The van der Waals surface area contributed by atoms with Crippen LogP contribution in [0, 0.1) is 13.8 Å². The molecule has 2 aromatic carbocycles. The molecule has 0 saturated heterocycles. The van der Waals surface area contributed by atoms with Gasteiger partial charge in [0.2, 0.25) is 5.91 Å². The molecule has 1 heterocycles. The Balaban J connectivity index is 1.83. The molecular formula is C21H22N2O. The number of rotatable bonds is 5. The summed E-state index contributed by atoms with van der Waals surface area (Å²) in [5.41, 5.74) is 4.29. The van der Waals surface area contributed by atoms with Crippen molar-refractivity contribution in [2.24, 2.45) is 0 Å². The molecule has 3 aromatic rings. The Kier molecular flexibility index (Phi) is 4.80. The lowest BCUT2D eigenvalue weighted by atomic mass is 10.0. The summed E-state index contributed by atoms with van der Waals surface area (Å²) in [5, 5.41) is 3.09. The Hall–Kier alpha value is -2.81. The molecule has 0 fully saturated rings. The average Bonchev–Trinajstić information content (AvgIpc) is 3.10. The van der Waals surface area contributed by atoms with E-state index in [2.05, 4.69) is 30.4 Å². The summed E-state index contributed by atoms with van der Waals surface area (Å²) in [6, 6.07) is 19.8. The molecule has 1 N–H and O–H groups in total. The van der Waals surface area contributed by atoms with E-state index in [4.69, 9.17) is 0 Å². The first-order chi connectivity index (χ1) is 11.6. The minimum atomic E-state index is -0.275. The Morgan fingerprint density at radius 3 is 2.38 bits per heavy atom. The zero-order chi connectivity index (χ0) is 16.9. The molecule has 0 aliphatic rings. The third-order valence-corrected chi connectivity index (χ3v) is 4.20. The summed E-state index contributed by atoms with van der Waals surface area (Å²) in [6.45, 7) is 4.07. The molecule has 1 amide bonds. The second-order valence-corrected chi connectivity index (χ2v) is 6.14. The monoisotopic (exact) mass is 318 g/mol. The van der Waals surface area contributed by atoms with Crippen LogP contribution in [0.4, 0.5) is 5.69 Å². The first kappa shape index (κ1) is 16.1. The van der Waals surface area contributed by atoms with Crippen molar-refractivity contribution in [1.29, 1.82) is 0 Å². The molecule has 24 heavy (non-hydrogen) atoms. The third-order valence-electron chi connectivity index (χ3n) is 4.20. The van der Waals surface area contributed by atoms with Crippen molar-refractivity contribution >= 4 is 11.6 Å². The van der Waals surface area contributed by atoms with Crippen LogP contribution in [0.1, 0.15) is 22.7 Å². The van der Waals surface area contributed by atoms with Crippen molar-refractivity contribution in [1.82, 2.24) is 4.57 Å². The highest BCUT2D eigenvalue weighted by Crippen LogP contribution is 2.21. The topological polar surface area (TPSA) is 34.0 Å². The molecule has 0 aliphatic carbocycles. The molecule has 3 heteroatoms. The van der Waals surface area contributed by atoms with E-state index in [1.165, 1.54) is 5.56 Å². The van der Waals surface area contributed by atoms with Crippen LogP contribution in [0.5, 0.6) is 0 Å². The molecule has 0 bridgehead atoms. The number of benzene rings is 2. The van der Waals surface area contributed by atoms with Gasteiger partial charge in [-0.3, -0.25) is 4.79 Å². The molecule has 1 atom stereocenters. The van der Waals surface area contributed by atoms with E-state index >= 15 is 0 Å². The standard InChI is InChI=1S/C21H22N2O/c1-16-10-11-19(17(2)14-16)22-21(24)20(23-12-6-7-13-23)15-18-8-4-3-5-9-18/h3-14,20H,15H2,1-2H3,(H,22,24)/t20-/m0/s1. The van der Waals surface area contributed by atoms with E-state index in [1.807, 2.05) is 66.3 Å². The second kappa shape index (κ2) is 7.18. The Morgan fingerprint density at radius 2 is 1.71 bits per heavy atom. The first-order valence-electron chi connectivity index (χ1n) is 8.18. The van der Waals surface area contributed by atoms with Crippen LogP contribution in [0.15, 0.2) is 73.1 Å². The maximum atomic E-state index is 12.9. The number of nitrogens with zero attached hydrogens (tertiary/aromatic N) is 1. The van der Waals surface area contributed by atoms with Gasteiger partial charge in [0, 0.05) is 24.5 Å². The Bertz CT molecular complexity index is 807. The van der Waals surface area contributed by atoms with Crippen molar-refractivity contribution in [3.63, 3.8) is 0 Å². The van der Waals surface area contributed by atoms with Crippen LogP contribution in [-0.4, -0.2) is 10.5 Å². The highest BCUT2D eigenvalue weighted by atomic mass is 16.2. The lowest BCUT2D eigenvalue weighted by Crippen LogP contribution is -2.27. The molecule has 3 nitrogen and oxygen atoms in total. The van der Waals surface area contributed by atoms with Crippen LogP contribution in [0.2, 0.25) is 0 Å². The summed E-state index contributed by atoms with van der Waals surface area (Å²) < 4.78 is 1.96. The smallest absolute Gasteiger partial charge is 0.247 e. The van der Waals surface area contributed by atoms with Crippen LogP contribution >= 0.6 is 0 Å². The van der Waals surface area contributed by atoms with Crippen LogP contribution in [-0.2, 0) is 11.2 Å². The Morgan fingerprint density at radius 1 is 1.00 bits per heavy atom. The van der Waals surface area contributed by atoms with Gasteiger partial charge in [-0.15, -0.1) is 0 Å². The summed E-state index contributed by atoms with van der Waals surface area (Å²) in [5.74, 6) is 0.00186. The molecule has 0 unspecified atom stereocenters. The minimum Gasteiger partial charge on any atom is -0.342 e. The number of aromatic nitrogens is 1. The van der Waals surface area contributed by atoms with Crippen molar-refractivity contribution in [2.75, 3.05) is 5.32 Å². The molecular weight excluding hydrogens is 296 g/mol. The normalized spacial score (nSPS) is 11.9. The van der Waals surface area contributed by atoms with Gasteiger partial charge in [-0.25, -0.2) is 0 Å². The fraction of sp³-hybridized carbons (Fsp3) is 0.190. The fourth-order valence-electron chi connectivity index (χ4n) is 2.90. The predicted molar refractivity (Wildman–Crippen MR) is 98.2 cm³/mol. The summed E-state index contributed by atoms with van der Waals surface area (Å²) in [7, 11) is 0. The highest BCUT2D eigenvalue weighted by molar-refractivity contribution is 5.94. The fourth-order valence-corrected chi connectivity index (χ4v) is 2.90. The van der Waals surface area contributed by atoms with Gasteiger partial charge in [0.05, 0.1) is 0 Å². The third kappa shape index (κ3) is 3.74. The number of nitrogens with one attached hydrogen (secondary N) is 1. The van der Waals surface area contributed by atoms with E-state index in [1.54, 1.807) is 0 Å². The lowest BCUT2D eigenvalue weighted by Gasteiger charge is -2.20. The summed E-state index contributed by atoms with van der Waals surface area (Å²) >= 11 is 0. The van der Waals surface area contributed by atoms with Crippen LogP contribution < -0.4 is 5.32 Å². The SMILES string of the molecule is Cc1ccc(NC(=O)[C@H](Cc2ccccc2)n2cccc2)c(C)c1. The zero-order valence-electron chi connectivity index (χ0n) is 14.1. The first-order valence-corrected chi connectivity index (χ1v) is 8.18. The number of carbonyl (C=O) groups excluding carboxylic acids is 1. The maximum absolute atomic E-state index is 12.9. The van der Waals surface area contributed by atoms with Crippen LogP contribution in [0.25, 0.3) is 0 Å². The van der Waals surface area contributed by atoms with Gasteiger partial charge >= 0.3 is 0 Å². The minimum absolute atomic E-state index is 0.00186. The number of carbonyl (C=O) groups is 1. The van der Waals surface area contributed by atoms with Gasteiger partial charge in [-0.2, -0.15) is 0 Å². The van der Waals surface area contributed by atoms with Gasteiger partial charge < -0.3 is 9.88 Å². The molecule has 0 saturated carbocycles. The van der Waals surface area contributed by atoms with E-state index in [-0.39, 0.29) is 11.9 Å². The quantitative estimate of drug-likeness (QED) is 0.737. The molecule has 0 aliphatic heterocycles. The molecule has 122 valence electrons. The van der Waals surface area contributed by atoms with Crippen LogP contribution in [0.3, 0.4) is 0 Å². The van der Waals surface area contributed by atoms with Crippen molar-refractivity contribution in [3.8, 4) is 0 Å². The lowest BCUT2D eigenvalue weighted by molar-refractivity contribution is -0.119. The van der Waals surface area contributed by atoms with Gasteiger partial charge in [0.1, 0.15) is 6.04 Å². The number of hydrogen-bond donors (Lipinski definition) is 1. The number of hydrogen-bond acceptors (Lipinski definition) is 1. The maximum Gasteiger partial charge on any atom is 0.247 e. The van der Waals surface area contributed by atoms with Gasteiger partial charge in [-0.1, -0.05) is 48.0 Å². The highest BCUT2D eigenvalue weighted by Gasteiger charge is 2.20. The van der Waals surface area contributed by atoms with Crippen molar-refractivity contribution in [2.45, 2.75) is 26.3 Å². The molecule has 0 spiro atoms.